The second-order valence-electron chi connectivity index (χ2n) is 16.7. The first-order valence-corrected chi connectivity index (χ1v) is 25.3. The van der Waals surface area contributed by atoms with Crippen LogP contribution in [0.3, 0.4) is 0 Å². The molecule has 0 radical (unpaired) electrons. The average molecular weight is 1010 g/mol. The number of rotatable bonds is 21. The minimum atomic E-state index is -4.53. The highest BCUT2D eigenvalue weighted by Gasteiger charge is 2.22. The molecular weight excluding hydrogens is 959 g/mol. The van der Waals surface area contributed by atoms with Gasteiger partial charge < -0.3 is 16.0 Å². The van der Waals surface area contributed by atoms with E-state index < -0.39 is 49.5 Å². The highest BCUT2D eigenvalue weighted by molar-refractivity contribution is 7.86. The van der Waals surface area contributed by atoms with Gasteiger partial charge in [0.15, 0.2) is 17.3 Å². The van der Waals surface area contributed by atoms with E-state index in [4.69, 9.17) is 0 Å². The highest BCUT2D eigenvalue weighted by Crippen LogP contribution is 2.24. The standard InChI is InChI=1S/C55H47N3O12S2/c59-50(27-18-37-13-7-15-45(29-37)71(65,66)67)42-23-26-48(55(64)57-35-39-14-8-16-46(30-39)72(68,69)70)49(32-42)58-54(63)41-21-19-40(20-22-41)52(61)33-44-31-43(53(62)56-34-38-11-5-2-6-12-38)24-25-47(44)51(60)28-17-36-9-3-1-4-10-36/h1-16,19-26,29-32H,17-18,27-28,33-35H2,(H,56,62)(H,57,64)(H,58,63)(H,65,66,67)(H,68,69,70). The molecule has 7 aromatic carbocycles. The van der Waals surface area contributed by atoms with E-state index in [9.17, 15) is 54.7 Å². The largest absolute Gasteiger partial charge is 0.348 e. The van der Waals surface area contributed by atoms with Crippen molar-refractivity contribution in [2.24, 2.45) is 0 Å². The maximum absolute atomic E-state index is 13.9. The minimum absolute atomic E-state index is 0.0595. The summed E-state index contributed by atoms with van der Waals surface area (Å²) in [6.07, 6.45) is 0.342. The lowest BCUT2D eigenvalue weighted by Crippen LogP contribution is -2.25. The molecular formula is C55H47N3O12S2. The van der Waals surface area contributed by atoms with Gasteiger partial charge >= 0.3 is 0 Å². The molecule has 0 unspecified atom stereocenters. The number of carbonyl (C=O) groups is 6. The fourth-order valence-electron chi connectivity index (χ4n) is 7.72. The van der Waals surface area contributed by atoms with Gasteiger partial charge in [0.1, 0.15) is 0 Å². The van der Waals surface area contributed by atoms with Gasteiger partial charge in [-0.15, -0.1) is 0 Å². The van der Waals surface area contributed by atoms with Crippen molar-refractivity contribution in [3.63, 3.8) is 0 Å². The zero-order valence-corrected chi connectivity index (χ0v) is 40.0. The van der Waals surface area contributed by atoms with Crippen LogP contribution in [0.2, 0.25) is 0 Å². The van der Waals surface area contributed by atoms with E-state index in [1.165, 1.54) is 84.9 Å². The van der Waals surface area contributed by atoms with Crippen LogP contribution in [0.4, 0.5) is 5.69 Å². The lowest BCUT2D eigenvalue weighted by molar-refractivity contribution is 0.0942. The molecule has 72 heavy (non-hydrogen) atoms. The normalized spacial score (nSPS) is 11.3. The van der Waals surface area contributed by atoms with Gasteiger partial charge in [0.2, 0.25) is 0 Å². The molecule has 0 heterocycles. The summed E-state index contributed by atoms with van der Waals surface area (Å²) in [6, 6.07) is 43.8. The van der Waals surface area contributed by atoms with Crippen LogP contribution in [0.25, 0.3) is 0 Å². The summed E-state index contributed by atoms with van der Waals surface area (Å²) in [7, 11) is -9.02. The highest BCUT2D eigenvalue weighted by atomic mass is 32.2. The van der Waals surface area contributed by atoms with Crippen molar-refractivity contribution >= 4 is 61.0 Å². The van der Waals surface area contributed by atoms with Crippen LogP contribution in [-0.4, -0.2) is 61.0 Å². The lowest BCUT2D eigenvalue weighted by Gasteiger charge is -2.14. The third-order valence-electron chi connectivity index (χ3n) is 11.6. The first-order valence-electron chi connectivity index (χ1n) is 22.5. The Kier molecular flexibility index (Phi) is 16.6. The van der Waals surface area contributed by atoms with Crippen molar-refractivity contribution in [3.05, 3.63) is 231 Å². The first kappa shape index (κ1) is 51.6. The van der Waals surface area contributed by atoms with E-state index in [-0.39, 0.29) is 87.9 Å². The SMILES string of the molecule is O=C(CCc1cccc(S(=O)(=O)O)c1)c1ccc(C(=O)NCc2cccc(S(=O)(=O)O)c2)c(NC(=O)c2ccc(C(=O)Cc3cc(C(=O)NCc4ccccc4)ccc3C(=O)CCc3ccccc3)cc2)c1. The van der Waals surface area contributed by atoms with Crippen LogP contribution in [0.15, 0.2) is 180 Å². The number of amides is 3. The summed E-state index contributed by atoms with van der Waals surface area (Å²) in [6.45, 7) is 0.0729. The monoisotopic (exact) mass is 1010 g/mol. The summed E-state index contributed by atoms with van der Waals surface area (Å²) in [5.41, 5.74) is 3.72. The van der Waals surface area contributed by atoms with E-state index in [1.54, 1.807) is 24.3 Å². The number of Topliss-reactive ketones (excluding diaryl/α,β-unsaturated/α-hetero) is 3. The number of ketones is 3. The smallest absolute Gasteiger partial charge is 0.294 e. The number of hydrogen-bond acceptors (Lipinski definition) is 10. The Morgan fingerprint density at radius 2 is 0.903 bits per heavy atom. The molecule has 0 aliphatic rings. The third-order valence-corrected chi connectivity index (χ3v) is 13.3. The summed E-state index contributed by atoms with van der Waals surface area (Å²) in [4.78, 5) is 81.2. The Morgan fingerprint density at radius 3 is 1.56 bits per heavy atom. The van der Waals surface area contributed by atoms with E-state index in [0.717, 1.165) is 11.1 Å². The number of anilines is 1. The summed E-state index contributed by atoms with van der Waals surface area (Å²) in [5.74, 6) is -2.88. The zero-order valence-electron chi connectivity index (χ0n) is 38.4. The molecule has 366 valence electrons. The predicted octanol–water partition coefficient (Wildman–Crippen LogP) is 8.35. The Hall–Kier alpha value is -8.22. The second kappa shape index (κ2) is 23.1. The van der Waals surface area contributed by atoms with Crippen molar-refractivity contribution in [3.8, 4) is 0 Å². The number of nitrogens with one attached hydrogen (secondary N) is 3. The van der Waals surface area contributed by atoms with Gasteiger partial charge in [-0.2, -0.15) is 16.8 Å². The molecule has 0 aliphatic heterocycles. The molecule has 17 heteroatoms. The molecule has 5 N–H and O–H groups in total. The molecule has 3 amide bonds. The van der Waals surface area contributed by atoms with Gasteiger partial charge in [0.25, 0.3) is 38.0 Å². The fourth-order valence-corrected chi connectivity index (χ4v) is 8.83. The summed E-state index contributed by atoms with van der Waals surface area (Å²) in [5, 5.41) is 8.20. The van der Waals surface area contributed by atoms with Crippen molar-refractivity contribution in [2.45, 2.75) is 55.0 Å². The topological polar surface area (TPSA) is 247 Å². The molecule has 0 aromatic heterocycles. The maximum atomic E-state index is 13.9. The Labute approximate surface area is 415 Å². The summed E-state index contributed by atoms with van der Waals surface area (Å²) < 4.78 is 65.7. The van der Waals surface area contributed by atoms with Crippen molar-refractivity contribution < 1.29 is 54.7 Å². The van der Waals surface area contributed by atoms with Gasteiger partial charge in [-0.1, -0.05) is 109 Å². The van der Waals surface area contributed by atoms with Gasteiger partial charge in [-0.05, 0) is 101 Å². The average Bonchev–Trinajstić information content (AvgIpc) is 3.38. The van der Waals surface area contributed by atoms with E-state index >= 15 is 0 Å². The zero-order chi connectivity index (χ0) is 51.4. The van der Waals surface area contributed by atoms with Crippen molar-refractivity contribution in [1.29, 1.82) is 0 Å². The molecule has 7 rings (SSSR count). The molecule has 0 aliphatic carbocycles. The molecule has 0 saturated heterocycles. The number of aryl methyl sites for hydroxylation is 2. The Balaban J connectivity index is 1.10. The van der Waals surface area contributed by atoms with Gasteiger partial charge in [-0.25, -0.2) is 0 Å². The number of benzene rings is 7. The molecule has 0 fully saturated rings. The quantitative estimate of drug-likeness (QED) is 0.0337. The van der Waals surface area contributed by atoms with Gasteiger partial charge in [0.05, 0.1) is 21.0 Å². The molecule has 15 nitrogen and oxygen atoms in total. The van der Waals surface area contributed by atoms with Crippen LogP contribution >= 0.6 is 0 Å². The first-order chi connectivity index (χ1) is 34.4. The molecule has 0 bridgehead atoms. The van der Waals surface area contributed by atoms with Gasteiger partial charge in [0, 0.05) is 60.2 Å². The molecule has 0 atom stereocenters. The van der Waals surface area contributed by atoms with E-state index in [0.29, 0.717) is 28.7 Å². The molecule has 0 spiro atoms. The number of carbonyl (C=O) groups excluding carboxylic acids is 6. The van der Waals surface area contributed by atoms with Crippen LogP contribution in [0.5, 0.6) is 0 Å². The fraction of sp³-hybridized carbons (Fsp3) is 0.127. The minimum Gasteiger partial charge on any atom is -0.348 e. The maximum Gasteiger partial charge on any atom is 0.294 e. The Bertz CT molecular complexity index is 3420. The van der Waals surface area contributed by atoms with Crippen LogP contribution in [0, 0.1) is 0 Å². The predicted molar refractivity (Wildman–Crippen MR) is 268 cm³/mol. The molecule has 7 aromatic rings. The lowest BCUT2D eigenvalue weighted by atomic mass is 9.92. The van der Waals surface area contributed by atoms with Crippen molar-refractivity contribution in [1.82, 2.24) is 10.6 Å². The van der Waals surface area contributed by atoms with Crippen molar-refractivity contribution in [2.75, 3.05) is 5.32 Å². The van der Waals surface area contributed by atoms with E-state index in [1.807, 2.05) is 60.7 Å². The third kappa shape index (κ3) is 14.0. The van der Waals surface area contributed by atoms with Crippen LogP contribution < -0.4 is 16.0 Å². The van der Waals surface area contributed by atoms with Crippen LogP contribution in [-0.2, 0) is 52.6 Å². The van der Waals surface area contributed by atoms with Gasteiger partial charge in [-0.3, -0.25) is 37.9 Å². The second-order valence-corrected chi connectivity index (χ2v) is 19.5. The number of hydrogen-bond donors (Lipinski definition) is 5. The van der Waals surface area contributed by atoms with Crippen LogP contribution in [0.1, 0.15) is 103 Å². The Morgan fingerprint density at radius 1 is 0.403 bits per heavy atom. The van der Waals surface area contributed by atoms with E-state index in [2.05, 4.69) is 16.0 Å². The summed E-state index contributed by atoms with van der Waals surface area (Å²) >= 11 is 0. The molecule has 0 saturated carbocycles.